The standard InChI is InChI=1S/C16H15F2NO2/c17-14-7-6-12(9-15(14)18)16(21)19-13(10-20)8-11-4-2-1-3-5-11/h1-7,9,13,20H,8,10H2,(H,19,21). The van der Waals surface area contributed by atoms with Gasteiger partial charge in [0.2, 0.25) is 0 Å². The van der Waals surface area contributed by atoms with Crippen LogP contribution in [0.15, 0.2) is 48.5 Å². The van der Waals surface area contributed by atoms with Gasteiger partial charge >= 0.3 is 0 Å². The molecule has 1 unspecified atom stereocenters. The first kappa shape index (κ1) is 15.1. The van der Waals surface area contributed by atoms with Crippen molar-refractivity contribution < 1.29 is 18.7 Å². The fraction of sp³-hybridized carbons (Fsp3) is 0.188. The first-order valence-corrected chi connectivity index (χ1v) is 6.51. The minimum absolute atomic E-state index is 0.0143. The van der Waals surface area contributed by atoms with Crippen LogP contribution in [0, 0.1) is 11.6 Å². The number of aliphatic hydroxyl groups excluding tert-OH is 1. The number of benzene rings is 2. The van der Waals surface area contributed by atoms with Gasteiger partial charge in [-0.2, -0.15) is 0 Å². The first-order valence-electron chi connectivity index (χ1n) is 6.51. The van der Waals surface area contributed by atoms with E-state index in [2.05, 4.69) is 5.32 Å². The molecule has 2 N–H and O–H groups in total. The predicted octanol–water partition coefficient (Wildman–Crippen LogP) is 2.30. The van der Waals surface area contributed by atoms with E-state index in [9.17, 15) is 18.7 Å². The molecular weight excluding hydrogens is 276 g/mol. The summed E-state index contributed by atoms with van der Waals surface area (Å²) >= 11 is 0. The summed E-state index contributed by atoms with van der Waals surface area (Å²) in [5.74, 6) is -2.63. The van der Waals surface area contributed by atoms with Crippen LogP contribution in [0.3, 0.4) is 0 Å². The normalized spacial score (nSPS) is 12.0. The second-order valence-electron chi connectivity index (χ2n) is 4.67. The smallest absolute Gasteiger partial charge is 0.251 e. The average molecular weight is 291 g/mol. The molecule has 0 aromatic heterocycles. The molecule has 0 aliphatic carbocycles. The lowest BCUT2D eigenvalue weighted by molar-refractivity contribution is 0.0916. The lowest BCUT2D eigenvalue weighted by Gasteiger charge is -2.16. The van der Waals surface area contributed by atoms with Crippen LogP contribution < -0.4 is 5.32 Å². The molecule has 2 aromatic carbocycles. The van der Waals surface area contributed by atoms with Crippen LogP contribution in [0.25, 0.3) is 0 Å². The van der Waals surface area contributed by atoms with Crippen molar-refractivity contribution >= 4 is 5.91 Å². The van der Waals surface area contributed by atoms with E-state index in [1.807, 2.05) is 30.3 Å². The predicted molar refractivity (Wildman–Crippen MR) is 74.8 cm³/mol. The number of halogens is 2. The van der Waals surface area contributed by atoms with Gasteiger partial charge in [-0.25, -0.2) is 8.78 Å². The van der Waals surface area contributed by atoms with Crippen molar-refractivity contribution in [3.63, 3.8) is 0 Å². The molecule has 21 heavy (non-hydrogen) atoms. The summed E-state index contributed by atoms with van der Waals surface area (Å²) in [6, 6.07) is 11.8. The number of amides is 1. The van der Waals surface area contributed by atoms with Gasteiger partial charge in [-0.1, -0.05) is 30.3 Å². The van der Waals surface area contributed by atoms with Crippen LogP contribution in [0.1, 0.15) is 15.9 Å². The molecule has 0 radical (unpaired) electrons. The summed E-state index contributed by atoms with van der Waals surface area (Å²) in [6.45, 7) is -0.246. The number of rotatable bonds is 5. The maximum absolute atomic E-state index is 13.1. The number of hydrogen-bond donors (Lipinski definition) is 2. The molecule has 1 atom stereocenters. The van der Waals surface area contributed by atoms with E-state index in [0.717, 1.165) is 17.7 Å². The third-order valence-corrected chi connectivity index (χ3v) is 3.06. The lowest BCUT2D eigenvalue weighted by atomic mass is 10.1. The maximum Gasteiger partial charge on any atom is 0.251 e. The lowest BCUT2D eigenvalue weighted by Crippen LogP contribution is -2.39. The Kier molecular flexibility index (Phi) is 5.00. The van der Waals surface area contributed by atoms with Crippen molar-refractivity contribution in [1.29, 1.82) is 0 Å². The van der Waals surface area contributed by atoms with E-state index in [0.29, 0.717) is 6.42 Å². The van der Waals surface area contributed by atoms with Gasteiger partial charge < -0.3 is 10.4 Å². The quantitative estimate of drug-likeness (QED) is 0.888. The van der Waals surface area contributed by atoms with Crippen molar-refractivity contribution in [3.8, 4) is 0 Å². The third kappa shape index (κ3) is 4.10. The molecule has 1 amide bonds. The molecule has 0 saturated carbocycles. The maximum atomic E-state index is 13.1. The monoisotopic (exact) mass is 291 g/mol. The summed E-state index contributed by atoms with van der Waals surface area (Å²) in [5, 5.41) is 11.9. The van der Waals surface area contributed by atoms with Crippen molar-refractivity contribution in [2.45, 2.75) is 12.5 Å². The van der Waals surface area contributed by atoms with Crippen LogP contribution in [-0.2, 0) is 6.42 Å². The number of hydrogen-bond acceptors (Lipinski definition) is 2. The summed E-state index contributed by atoms with van der Waals surface area (Å²) < 4.78 is 25.9. The van der Waals surface area contributed by atoms with E-state index >= 15 is 0 Å². The van der Waals surface area contributed by atoms with E-state index in [4.69, 9.17) is 0 Å². The molecule has 0 aliphatic heterocycles. The van der Waals surface area contributed by atoms with Crippen molar-refractivity contribution in [2.75, 3.05) is 6.61 Å². The van der Waals surface area contributed by atoms with Gasteiger partial charge in [-0.15, -0.1) is 0 Å². The Labute approximate surface area is 121 Å². The third-order valence-electron chi connectivity index (χ3n) is 3.06. The molecule has 3 nitrogen and oxygen atoms in total. The van der Waals surface area contributed by atoms with E-state index < -0.39 is 23.6 Å². The van der Waals surface area contributed by atoms with Crippen LogP contribution in [0.2, 0.25) is 0 Å². The Morgan fingerprint density at radius 3 is 2.43 bits per heavy atom. The summed E-state index contributed by atoms with van der Waals surface area (Å²) in [4.78, 5) is 12.0. The van der Waals surface area contributed by atoms with Gasteiger partial charge in [-0.3, -0.25) is 4.79 Å². The average Bonchev–Trinajstić information content (AvgIpc) is 2.50. The molecule has 5 heteroatoms. The molecule has 110 valence electrons. The molecule has 0 saturated heterocycles. The summed E-state index contributed by atoms with van der Waals surface area (Å²) in [5.41, 5.74) is 0.975. The second-order valence-corrected chi connectivity index (χ2v) is 4.67. The highest BCUT2D eigenvalue weighted by molar-refractivity contribution is 5.94. The Morgan fingerprint density at radius 1 is 1.10 bits per heavy atom. The van der Waals surface area contributed by atoms with Crippen LogP contribution in [-0.4, -0.2) is 23.7 Å². The minimum Gasteiger partial charge on any atom is -0.394 e. The minimum atomic E-state index is -1.08. The Bertz CT molecular complexity index is 617. The topological polar surface area (TPSA) is 49.3 Å². The van der Waals surface area contributed by atoms with Gasteiger partial charge in [0.15, 0.2) is 11.6 Å². The summed E-state index contributed by atoms with van der Waals surface area (Å²) in [6.07, 6.45) is 0.451. The Hall–Kier alpha value is -2.27. The van der Waals surface area contributed by atoms with Crippen molar-refractivity contribution in [3.05, 3.63) is 71.3 Å². The fourth-order valence-corrected chi connectivity index (χ4v) is 1.97. The van der Waals surface area contributed by atoms with Crippen molar-refractivity contribution in [2.24, 2.45) is 0 Å². The molecular formula is C16H15F2NO2. The largest absolute Gasteiger partial charge is 0.394 e. The fourth-order valence-electron chi connectivity index (χ4n) is 1.97. The van der Waals surface area contributed by atoms with Gasteiger partial charge in [0.1, 0.15) is 0 Å². The van der Waals surface area contributed by atoms with Crippen LogP contribution >= 0.6 is 0 Å². The van der Waals surface area contributed by atoms with Gasteiger partial charge in [0.05, 0.1) is 12.6 Å². The molecule has 0 aliphatic rings. The second kappa shape index (κ2) is 6.95. The van der Waals surface area contributed by atoms with E-state index in [1.54, 1.807) is 0 Å². The highest BCUT2D eigenvalue weighted by atomic mass is 19.2. The Morgan fingerprint density at radius 2 is 1.81 bits per heavy atom. The molecule has 2 aromatic rings. The van der Waals surface area contributed by atoms with E-state index in [-0.39, 0.29) is 12.2 Å². The molecule has 0 heterocycles. The van der Waals surface area contributed by atoms with Gasteiger partial charge in [0, 0.05) is 5.56 Å². The summed E-state index contributed by atoms with van der Waals surface area (Å²) in [7, 11) is 0. The molecule has 0 fully saturated rings. The Balaban J connectivity index is 2.04. The van der Waals surface area contributed by atoms with Crippen LogP contribution in [0.4, 0.5) is 8.78 Å². The number of aliphatic hydroxyl groups is 1. The van der Waals surface area contributed by atoms with E-state index in [1.165, 1.54) is 6.07 Å². The highest BCUT2D eigenvalue weighted by Crippen LogP contribution is 2.09. The zero-order valence-corrected chi connectivity index (χ0v) is 11.2. The number of carbonyl (C=O) groups is 1. The number of carbonyl (C=O) groups excluding carboxylic acids is 1. The molecule has 0 spiro atoms. The molecule has 2 rings (SSSR count). The van der Waals surface area contributed by atoms with Crippen molar-refractivity contribution in [1.82, 2.24) is 5.32 Å². The SMILES string of the molecule is O=C(NC(CO)Cc1ccccc1)c1ccc(F)c(F)c1. The first-order chi connectivity index (χ1) is 10.1. The highest BCUT2D eigenvalue weighted by Gasteiger charge is 2.15. The molecule has 0 bridgehead atoms. The number of nitrogens with one attached hydrogen (secondary N) is 1. The van der Waals surface area contributed by atoms with Crippen LogP contribution in [0.5, 0.6) is 0 Å². The van der Waals surface area contributed by atoms with Gasteiger partial charge in [-0.05, 0) is 30.2 Å². The van der Waals surface area contributed by atoms with Gasteiger partial charge in [0.25, 0.3) is 5.91 Å². The zero-order chi connectivity index (χ0) is 15.2. The zero-order valence-electron chi connectivity index (χ0n) is 11.2.